The van der Waals surface area contributed by atoms with Crippen LogP contribution >= 0.6 is 0 Å². The molecule has 0 aromatic heterocycles. The van der Waals surface area contributed by atoms with Gasteiger partial charge in [-0.15, -0.1) is 0 Å². The number of aryl methyl sites for hydroxylation is 1. The molecule has 1 rings (SSSR count). The molecule has 0 saturated heterocycles. The van der Waals surface area contributed by atoms with Gasteiger partial charge in [0.15, 0.2) is 0 Å². The maximum absolute atomic E-state index is 11.8. The molecule has 0 amide bonds. The molecule has 0 aliphatic rings. The summed E-state index contributed by atoms with van der Waals surface area (Å²) in [5, 5.41) is 8.30. The predicted octanol–water partition coefficient (Wildman–Crippen LogP) is 2.57. The topological polar surface area (TPSA) is 101 Å². The zero-order valence-electron chi connectivity index (χ0n) is 18.5. The summed E-state index contributed by atoms with van der Waals surface area (Å²) in [6, 6.07) is 6.53. The maximum atomic E-state index is 11.8. The molecule has 1 aromatic carbocycles. The van der Waals surface area contributed by atoms with E-state index < -0.39 is 10.1 Å². The van der Waals surface area contributed by atoms with Crippen molar-refractivity contribution in [2.24, 2.45) is 0 Å². The highest BCUT2D eigenvalue weighted by Gasteiger charge is 2.14. The molecule has 9 heteroatoms. The van der Waals surface area contributed by atoms with Crippen molar-refractivity contribution < 1.29 is 36.7 Å². The average molecular weight is 451 g/mol. The summed E-state index contributed by atoms with van der Waals surface area (Å²) in [7, 11) is -3.69. The number of rotatable bonds is 17. The summed E-state index contributed by atoms with van der Waals surface area (Å²) < 4.78 is 49.0. The lowest BCUT2D eigenvalue weighted by Crippen LogP contribution is -2.13. The van der Waals surface area contributed by atoms with E-state index in [4.69, 9.17) is 28.2 Å². The molecule has 0 atom stereocenters. The highest BCUT2D eigenvalue weighted by Crippen LogP contribution is 2.12. The highest BCUT2D eigenvalue weighted by atomic mass is 32.2. The second kappa shape index (κ2) is 19.9. The number of ether oxygens (including phenoxy) is 4. The smallest absolute Gasteiger partial charge is 0.297 e. The molecule has 0 radical (unpaired) electrons. The van der Waals surface area contributed by atoms with Crippen LogP contribution in [0.3, 0.4) is 0 Å². The van der Waals surface area contributed by atoms with Gasteiger partial charge in [-0.05, 0) is 31.9 Å². The van der Waals surface area contributed by atoms with Crippen molar-refractivity contribution in [1.82, 2.24) is 0 Å². The second-order valence-corrected chi connectivity index (χ2v) is 7.88. The Morgan fingerprint density at radius 2 is 1.13 bits per heavy atom. The Morgan fingerprint density at radius 3 is 1.60 bits per heavy atom. The lowest BCUT2D eigenvalue weighted by atomic mass is 10.2. The number of aliphatic hydroxyl groups excluding tert-OH is 1. The van der Waals surface area contributed by atoms with Crippen molar-refractivity contribution in [3.05, 3.63) is 29.8 Å². The minimum atomic E-state index is -3.69. The van der Waals surface area contributed by atoms with Crippen LogP contribution in [0.5, 0.6) is 0 Å². The van der Waals surface area contributed by atoms with Crippen LogP contribution in [0.4, 0.5) is 0 Å². The molecule has 0 unspecified atom stereocenters. The first-order valence-corrected chi connectivity index (χ1v) is 11.8. The van der Waals surface area contributed by atoms with Gasteiger partial charge >= 0.3 is 0 Å². The van der Waals surface area contributed by atoms with Gasteiger partial charge in [-0.3, -0.25) is 4.18 Å². The molecular formula is C21H38O8S. The third kappa shape index (κ3) is 16.7. The van der Waals surface area contributed by atoms with Crippen LogP contribution in [0.2, 0.25) is 0 Å². The van der Waals surface area contributed by atoms with Gasteiger partial charge in [0.25, 0.3) is 10.1 Å². The molecule has 0 aliphatic carbocycles. The van der Waals surface area contributed by atoms with Crippen LogP contribution in [0.25, 0.3) is 0 Å². The number of hydrogen-bond acceptors (Lipinski definition) is 8. The van der Waals surface area contributed by atoms with Crippen LogP contribution < -0.4 is 0 Å². The summed E-state index contributed by atoms with van der Waals surface area (Å²) in [5.74, 6) is 0. The highest BCUT2D eigenvalue weighted by molar-refractivity contribution is 7.86. The van der Waals surface area contributed by atoms with Gasteiger partial charge in [-0.2, -0.15) is 8.42 Å². The van der Waals surface area contributed by atoms with Crippen molar-refractivity contribution in [2.45, 2.75) is 38.5 Å². The lowest BCUT2D eigenvalue weighted by molar-refractivity contribution is 0.0333. The van der Waals surface area contributed by atoms with E-state index in [-0.39, 0.29) is 24.7 Å². The molecule has 0 bridgehead atoms. The van der Waals surface area contributed by atoms with Crippen molar-refractivity contribution in [2.75, 3.05) is 66.1 Å². The van der Waals surface area contributed by atoms with E-state index in [2.05, 4.69) is 6.92 Å². The largest absolute Gasteiger partial charge is 0.394 e. The van der Waals surface area contributed by atoms with Crippen molar-refractivity contribution in [3.63, 3.8) is 0 Å². The zero-order chi connectivity index (χ0) is 22.5. The summed E-state index contributed by atoms with van der Waals surface area (Å²) in [6.07, 6.45) is 2.01. The first kappa shape index (κ1) is 28.9. The lowest BCUT2D eigenvalue weighted by Gasteiger charge is -2.07. The van der Waals surface area contributed by atoms with Gasteiger partial charge in [0.05, 0.1) is 57.8 Å². The van der Waals surface area contributed by atoms with E-state index >= 15 is 0 Å². The van der Waals surface area contributed by atoms with E-state index in [1.54, 1.807) is 12.1 Å². The van der Waals surface area contributed by atoms with Crippen LogP contribution in [0.15, 0.2) is 29.2 Å². The molecule has 8 nitrogen and oxygen atoms in total. The van der Waals surface area contributed by atoms with Crippen LogP contribution in [-0.2, 0) is 33.2 Å². The second-order valence-electron chi connectivity index (χ2n) is 6.26. The number of aliphatic hydroxyl groups is 1. The molecule has 30 heavy (non-hydrogen) atoms. The van der Waals surface area contributed by atoms with Crippen LogP contribution in [-0.4, -0.2) is 79.6 Å². The van der Waals surface area contributed by atoms with E-state index in [1.807, 2.05) is 13.8 Å². The Kier molecular flexibility index (Phi) is 19.2. The molecule has 0 spiro atoms. The molecule has 1 aromatic rings. The number of benzene rings is 1. The Hall–Kier alpha value is -1.07. The van der Waals surface area contributed by atoms with Crippen LogP contribution in [0.1, 0.15) is 32.3 Å². The molecule has 176 valence electrons. The van der Waals surface area contributed by atoms with Crippen molar-refractivity contribution >= 4 is 10.1 Å². The molecule has 0 aliphatic heterocycles. The normalized spacial score (nSPS) is 11.2. The summed E-state index contributed by atoms with van der Waals surface area (Å²) in [4.78, 5) is 0.161. The van der Waals surface area contributed by atoms with Crippen LogP contribution in [0, 0.1) is 6.92 Å². The van der Waals surface area contributed by atoms with E-state index in [1.165, 1.54) is 12.1 Å². The van der Waals surface area contributed by atoms with Gasteiger partial charge in [-0.25, -0.2) is 0 Å². The molecule has 0 fully saturated rings. The fourth-order valence-electron chi connectivity index (χ4n) is 1.97. The van der Waals surface area contributed by atoms with Crippen molar-refractivity contribution in [3.8, 4) is 0 Å². The standard InChI is InChI=1S/C14H22O5S.C7H16O3/c1-3-8-17-9-10-18-11-12-19-20(15,16)14-6-4-13(2)5-7-14;1-2-4-9-6-7-10-5-3-8/h4-7H,3,8-12H2,1-2H3;8H,2-7H2,1H3. The minimum Gasteiger partial charge on any atom is -0.394 e. The SMILES string of the molecule is CCCOCCOCCO.CCCOCCOCCOS(=O)(=O)c1ccc(C)cc1. The van der Waals surface area contributed by atoms with Gasteiger partial charge in [-0.1, -0.05) is 31.5 Å². The predicted molar refractivity (Wildman–Crippen MR) is 115 cm³/mol. The third-order valence-corrected chi connectivity index (χ3v) is 4.78. The Morgan fingerprint density at radius 1 is 0.700 bits per heavy atom. The summed E-state index contributed by atoms with van der Waals surface area (Å²) in [5.41, 5.74) is 0.999. The van der Waals surface area contributed by atoms with E-state index in [9.17, 15) is 8.42 Å². The first-order valence-electron chi connectivity index (χ1n) is 10.4. The quantitative estimate of drug-likeness (QED) is 0.285. The Balaban J connectivity index is 0.000000710. The fraction of sp³-hybridized carbons (Fsp3) is 0.714. The maximum Gasteiger partial charge on any atom is 0.297 e. The molecule has 0 saturated carbocycles. The zero-order valence-corrected chi connectivity index (χ0v) is 19.3. The minimum absolute atomic E-state index is 0.00396. The first-order chi connectivity index (χ1) is 14.5. The van der Waals surface area contributed by atoms with Gasteiger partial charge in [0.1, 0.15) is 0 Å². The monoisotopic (exact) mass is 450 g/mol. The molecule has 1 N–H and O–H groups in total. The molecule has 0 heterocycles. The Labute approximate surface area is 181 Å². The van der Waals surface area contributed by atoms with E-state index in [0.29, 0.717) is 39.6 Å². The third-order valence-electron chi connectivity index (χ3n) is 3.45. The summed E-state index contributed by atoms with van der Waals surface area (Å²) in [6.45, 7) is 10.4. The molecular weight excluding hydrogens is 412 g/mol. The van der Waals surface area contributed by atoms with Crippen molar-refractivity contribution in [1.29, 1.82) is 0 Å². The average Bonchev–Trinajstić information content (AvgIpc) is 2.73. The number of hydrogen-bond donors (Lipinski definition) is 1. The van der Waals surface area contributed by atoms with E-state index in [0.717, 1.165) is 25.0 Å². The van der Waals surface area contributed by atoms with Gasteiger partial charge < -0.3 is 24.1 Å². The van der Waals surface area contributed by atoms with Gasteiger partial charge in [0, 0.05) is 13.2 Å². The Bertz CT molecular complexity index is 582. The summed E-state index contributed by atoms with van der Waals surface area (Å²) >= 11 is 0. The van der Waals surface area contributed by atoms with Gasteiger partial charge in [0.2, 0.25) is 0 Å². The fourth-order valence-corrected chi connectivity index (χ4v) is 2.87.